The largest absolute Gasteiger partial charge is 0.329 e. The number of aryl methyl sites for hydroxylation is 1. The van der Waals surface area contributed by atoms with Crippen molar-refractivity contribution in [2.75, 3.05) is 6.54 Å². The lowest BCUT2D eigenvalue weighted by Gasteiger charge is -2.24. The highest BCUT2D eigenvalue weighted by molar-refractivity contribution is 5.92. The predicted octanol–water partition coefficient (Wildman–Crippen LogP) is 3.96. The van der Waals surface area contributed by atoms with Crippen LogP contribution in [-0.4, -0.2) is 32.3 Å². The zero-order valence-corrected chi connectivity index (χ0v) is 15.0. The average Bonchev–Trinajstić information content (AvgIpc) is 3.18. The highest BCUT2D eigenvalue weighted by atomic mass is 19.1. The molecular weight excluding hydrogens is 343 g/mol. The number of likely N-dealkylation sites (tertiary alicyclic amines) is 1. The van der Waals surface area contributed by atoms with E-state index in [-0.39, 0.29) is 17.8 Å². The summed E-state index contributed by atoms with van der Waals surface area (Å²) in [6.07, 6.45) is 6.33. The minimum absolute atomic E-state index is 0.0985. The quantitative estimate of drug-likeness (QED) is 0.707. The molecule has 6 heteroatoms. The van der Waals surface area contributed by atoms with Gasteiger partial charge in [-0.05, 0) is 55.2 Å². The lowest BCUT2D eigenvalue weighted by atomic mass is 10.0. The van der Waals surface area contributed by atoms with Gasteiger partial charge in [0.2, 0.25) is 0 Å². The number of aromatic nitrogens is 3. The van der Waals surface area contributed by atoms with Crippen LogP contribution < -0.4 is 0 Å². The fourth-order valence-corrected chi connectivity index (χ4v) is 3.55. The smallest absolute Gasteiger partial charge is 0.274 e. The number of rotatable bonds is 3. The maximum atomic E-state index is 13.2. The van der Waals surface area contributed by atoms with Gasteiger partial charge < -0.3 is 4.90 Å². The van der Waals surface area contributed by atoms with Crippen molar-refractivity contribution in [2.45, 2.75) is 25.8 Å². The van der Waals surface area contributed by atoms with Crippen LogP contribution in [0, 0.1) is 12.7 Å². The monoisotopic (exact) mass is 362 g/mol. The number of hydrogen-bond donors (Lipinski definition) is 0. The summed E-state index contributed by atoms with van der Waals surface area (Å²) < 4.78 is 13.2. The number of nitrogens with zero attached hydrogens (tertiary/aromatic N) is 4. The molecule has 0 N–H and O–H groups in total. The van der Waals surface area contributed by atoms with Crippen LogP contribution in [0.2, 0.25) is 0 Å². The normalized spacial score (nSPS) is 16.5. The van der Waals surface area contributed by atoms with E-state index in [1.165, 1.54) is 24.5 Å². The van der Waals surface area contributed by atoms with E-state index in [2.05, 4.69) is 15.0 Å². The minimum Gasteiger partial charge on any atom is -0.329 e. The summed E-state index contributed by atoms with van der Waals surface area (Å²) in [5, 5.41) is 0. The Hall–Kier alpha value is -3.15. The van der Waals surface area contributed by atoms with E-state index in [1.54, 1.807) is 18.3 Å². The van der Waals surface area contributed by atoms with Crippen LogP contribution in [0.1, 0.15) is 40.8 Å². The Labute approximate surface area is 156 Å². The molecule has 2 aromatic heterocycles. The third kappa shape index (κ3) is 3.56. The molecule has 0 saturated carbocycles. The number of carbonyl (C=O) groups is 1. The first kappa shape index (κ1) is 17.3. The Morgan fingerprint density at radius 1 is 1.15 bits per heavy atom. The Bertz CT molecular complexity index is 960. The van der Waals surface area contributed by atoms with Crippen molar-refractivity contribution in [1.29, 1.82) is 0 Å². The number of hydrogen-bond acceptors (Lipinski definition) is 4. The lowest BCUT2D eigenvalue weighted by molar-refractivity contribution is 0.0726. The molecule has 1 atom stereocenters. The second-order valence-corrected chi connectivity index (χ2v) is 6.68. The maximum absolute atomic E-state index is 13.2. The summed E-state index contributed by atoms with van der Waals surface area (Å²) in [4.78, 5) is 27.5. The first-order chi connectivity index (χ1) is 13.1. The van der Waals surface area contributed by atoms with Crippen LogP contribution in [0.5, 0.6) is 0 Å². The van der Waals surface area contributed by atoms with E-state index in [1.807, 2.05) is 24.0 Å². The number of pyridine rings is 1. The zero-order valence-electron chi connectivity index (χ0n) is 15.0. The molecule has 0 radical (unpaired) electrons. The van der Waals surface area contributed by atoms with Gasteiger partial charge in [-0.25, -0.2) is 9.37 Å². The first-order valence-corrected chi connectivity index (χ1v) is 8.93. The molecule has 0 spiro atoms. The molecule has 5 nitrogen and oxygen atoms in total. The van der Waals surface area contributed by atoms with Gasteiger partial charge in [-0.15, -0.1) is 0 Å². The van der Waals surface area contributed by atoms with Crippen LogP contribution in [-0.2, 0) is 0 Å². The van der Waals surface area contributed by atoms with Gasteiger partial charge in [0, 0.05) is 24.6 Å². The standard InChI is InChI=1S/C21H19FN4O/c1-14-11-16(15-4-6-17(22)7-5-15)12-18(25-14)20-3-2-10-26(20)21(27)19-13-23-8-9-24-19/h4-9,11-13,20H,2-3,10H2,1H3/t20-/m1/s1. The highest BCUT2D eigenvalue weighted by Crippen LogP contribution is 2.34. The van der Waals surface area contributed by atoms with Crippen molar-refractivity contribution in [3.05, 3.63) is 77.9 Å². The topological polar surface area (TPSA) is 59.0 Å². The van der Waals surface area contributed by atoms with E-state index in [4.69, 9.17) is 0 Å². The SMILES string of the molecule is Cc1cc(-c2ccc(F)cc2)cc([C@H]2CCCN2C(=O)c2cnccn2)n1. The number of benzene rings is 1. The summed E-state index contributed by atoms with van der Waals surface area (Å²) in [6.45, 7) is 2.60. The molecule has 1 aliphatic heterocycles. The molecule has 1 aliphatic rings. The molecule has 0 bridgehead atoms. The zero-order chi connectivity index (χ0) is 18.8. The van der Waals surface area contributed by atoms with E-state index < -0.39 is 0 Å². The molecule has 1 saturated heterocycles. The molecule has 3 heterocycles. The second-order valence-electron chi connectivity index (χ2n) is 6.68. The van der Waals surface area contributed by atoms with Crippen molar-refractivity contribution in [2.24, 2.45) is 0 Å². The Morgan fingerprint density at radius 2 is 1.96 bits per heavy atom. The number of halogens is 1. The van der Waals surface area contributed by atoms with Gasteiger partial charge in [-0.3, -0.25) is 14.8 Å². The van der Waals surface area contributed by atoms with E-state index in [0.29, 0.717) is 12.2 Å². The van der Waals surface area contributed by atoms with Crippen molar-refractivity contribution < 1.29 is 9.18 Å². The van der Waals surface area contributed by atoms with Crippen molar-refractivity contribution in [1.82, 2.24) is 19.9 Å². The van der Waals surface area contributed by atoms with E-state index in [0.717, 1.165) is 35.4 Å². The molecule has 136 valence electrons. The average molecular weight is 362 g/mol. The van der Waals surface area contributed by atoms with Crippen molar-refractivity contribution in [3.8, 4) is 11.1 Å². The summed E-state index contributed by atoms with van der Waals surface area (Å²) in [6, 6.07) is 10.3. The summed E-state index contributed by atoms with van der Waals surface area (Å²) in [5.41, 5.74) is 3.95. The Kier molecular flexibility index (Phi) is 4.62. The van der Waals surface area contributed by atoms with Gasteiger partial charge in [-0.2, -0.15) is 0 Å². The summed E-state index contributed by atoms with van der Waals surface area (Å²) >= 11 is 0. The van der Waals surface area contributed by atoms with E-state index in [9.17, 15) is 9.18 Å². The van der Waals surface area contributed by atoms with Gasteiger partial charge in [-0.1, -0.05) is 12.1 Å². The molecule has 0 unspecified atom stereocenters. The molecule has 3 aromatic rings. The van der Waals surface area contributed by atoms with Gasteiger partial charge >= 0.3 is 0 Å². The summed E-state index contributed by atoms with van der Waals surface area (Å²) in [7, 11) is 0. The van der Waals surface area contributed by atoms with Crippen LogP contribution in [0.25, 0.3) is 11.1 Å². The van der Waals surface area contributed by atoms with Crippen molar-refractivity contribution in [3.63, 3.8) is 0 Å². The third-order valence-corrected chi connectivity index (χ3v) is 4.79. The first-order valence-electron chi connectivity index (χ1n) is 8.93. The molecule has 4 rings (SSSR count). The van der Waals surface area contributed by atoms with Gasteiger partial charge in [0.1, 0.15) is 11.5 Å². The lowest BCUT2D eigenvalue weighted by Crippen LogP contribution is -2.31. The van der Waals surface area contributed by atoms with Crippen LogP contribution in [0.15, 0.2) is 55.0 Å². The molecule has 27 heavy (non-hydrogen) atoms. The molecule has 1 fully saturated rings. The fourth-order valence-electron chi connectivity index (χ4n) is 3.55. The predicted molar refractivity (Wildman–Crippen MR) is 99.4 cm³/mol. The summed E-state index contributed by atoms with van der Waals surface area (Å²) in [5.74, 6) is -0.390. The van der Waals surface area contributed by atoms with Crippen LogP contribution >= 0.6 is 0 Å². The highest BCUT2D eigenvalue weighted by Gasteiger charge is 2.32. The van der Waals surface area contributed by atoms with Crippen molar-refractivity contribution >= 4 is 5.91 Å². The van der Waals surface area contributed by atoms with Gasteiger partial charge in [0.05, 0.1) is 17.9 Å². The second kappa shape index (κ2) is 7.23. The maximum Gasteiger partial charge on any atom is 0.274 e. The number of amides is 1. The van der Waals surface area contributed by atoms with Crippen LogP contribution in [0.3, 0.4) is 0 Å². The minimum atomic E-state index is -0.263. The number of carbonyl (C=O) groups excluding carboxylic acids is 1. The van der Waals surface area contributed by atoms with Gasteiger partial charge in [0.15, 0.2) is 0 Å². The molecule has 1 aromatic carbocycles. The Morgan fingerprint density at radius 3 is 2.70 bits per heavy atom. The van der Waals surface area contributed by atoms with E-state index >= 15 is 0 Å². The fraction of sp³-hybridized carbons (Fsp3) is 0.238. The molecule has 0 aliphatic carbocycles. The molecule has 1 amide bonds. The van der Waals surface area contributed by atoms with Crippen LogP contribution in [0.4, 0.5) is 4.39 Å². The third-order valence-electron chi connectivity index (χ3n) is 4.79. The molecular formula is C21H19FN4O. The van der Waals surface area contributed by atoms with Gasteiger partial charge in [0.25, 0.3) is 5.91 Å². The Balaban J connectivity index is 1.68.